The van der Waals surface area contributed by atoms with E-state index in [1.807, 2.05) is 4.68 Å². The second-order valence-corrected chi connectivity index (χ2v) is 4.38. The first-order chi connectivity index (χ1) is 7.61. The lowest BCUT2D eigenvalue weighted by Gasteiger charge is -2.18. The minimum Gasteiger partial charge on any atom is -0.378 e. The maximum absolute atomic E-state index is 5.55. The molecule has 1 aromatic heterocycles. The van der Waals surface area contributed by atoms with Crippen LogP contribution in [0.15, 0.2) is 0 Å². The van der Waals surface area contributed by atoms with Crippen LogP contribution >= 0.6 is 0 Å². The normalized spacial score (nSPS) is 13.4. The van der Waals surface area contributed by atoms with Gasteiger partial charge in [0.1, 0.15) is 0 Å². The summed E-state index contributed by atoms with van der Waals surface area (Å²) in [6, 6.07) is 0.323. The number of nitrogens with zero attached hydrogens (tertiary/aromatic N) is 3. The van der Waals surface area contributed by atoms with Gasteiger partial charge in [-0.05, 0) is 19.4 Å². The van der Waals surface area contributed by atoms with E-state index >= 15 is 0 Å². The van der Waals surface area contributed by atoms with Gasteiger partial charge in [0.05, 0.1) is 24.0 Å². The summed E-state index contributed by atoms with van der Waals surface area (Å²) in [6.07, 6.45) is 0.753. The third-order valence-corrected chi connectivity index (χ3v) is 2.88. The molecule has 0 aliphatic rings. The zero-order chi connectivity index (χ0) is 12.1. The molecule has 92 valence electrons. The molecule has 2 N–H and O–H groups in total. The number of aromatic nitrogens is 3. The van der Waals surface area contributed by atoms with Gasteiger partial charge in [-0.3, -0.25) is 0 Å². The summed E-state index contributed by atoms with van der Waals surface area (Å²) in [5.74, 6) is 0.517. The highest BCUT2D eigenvalue weighted by Crippen LogP contribution is 2.19. The van der Waals surface area contributed by atoms with Crippen LogP contribution in [0.3, 0.4) is 0 Å². The molecule has 1 atom stereocenters. The smallest absolute Gasteiger partial charge is 0.0900 e. The minimum absolute atomic E-state index is 0.323. The van der Waals surface area contributed by atoms with E-state index in [0.29, 0.717) is 25.1 Å². The van der Waals surface area contributed by atoms with Crippen molar-refractivity contribution in [2.75, 3.05) is 13.7 Å². The van der Waals surface area contributed by atoms with Gasteiger partial charge < -0.3 is 10.5 Å². The van der Waals surface area contributed by atoms with Crippen molar-refractivity contribution in [2.24, 2.45) is 11.7 Å². The van der Waals surface area contributed by atoms with E-state index in [9.17, 15) is 0 Å². The molecule has 0 bridgehead atoms. The molecule has 0 aromatic carbocycles. The van der Waals surface area contributed by atoms with E-state index in [1.54, 1.807) is 7.11 Å². The van der Waals surface area contributed by atoms with Crippen LogP contribution in [-0.4, -0.2) is 28.6 Å². The molecule has 1 unspecified atom stereocenters. The minimum atomic E-state index is 0.323. The van der Waals surface area contributed by atoms with Crippen molar-refractivity contribution in [1.82, 2.24) is 15.0 Å². The number of hydrogen-bond acceptors (Lipinski definition) is 4. The molecular formula is C11H22N4O. The van der Waals surface area contributed by atoms with Gasteiger partial charge in [-0.1, -0.05) is 19.1 Å². The summed E-state index contributed by atoms with van der Waals surface area (Å²) in [4.78, 5) is 0. The average molecular weight is 226 g/mol. The Morgan fingerprint density at radius 1 is 1.38 bits per heavy atom. The molecule has 0 radical (unpaired) electrons. The third-order valence-electron chi connectivity index (χ3n) is 2.88. The standard InChI is InChI=1S/C11H22N4O/c1-8(2)9(3)15-11(7-16-4)10(5-6-12)13-14-15/h8-9H,5-7,12H2,1-4H3. The molecule has 1 rings (SSSR count). The highest BCUT2D eigenvalue weighted by Gasteiger charge is 2.18. The summed E-state index contributed by atoms with van der Waals surface area (Å²) in [6.45, 7) is 7.62. The fraction of sp³-hybridized carbons (Fsp3) is 0.818. The Labute approximate surface area is 97.0 Å². The van der Waals surface area contributed by atoms with Crippen LogP contribution in [0.2, 0.25) is 0 Å². The van der Waals surface area contributed by atoms with E-state index in [1.165, 1.54) is 0 Å². The van der Waals surface area contributed by atoms with Gasteiger partial charge in [-0.25, -0.2) is 4.68 Å². The van der Waals surface area contributed by atoms with Crippen LogP contribution in [-0.2, 0) is 17.8 Å². The van der Waals surface area contributed by atoms with E-state index in [-0.39, 0.29) is 0 Å². The van der Waals surface area contributed by atoms with Crippen LogP contribution in [0.4, 0.5) is 0 Å². The van der Waals surface area contributed by atoms with Gasteiger partial charge in [-0.15, -0.1) is 5.10 Å². The molecular weight excluding hydrogens is 204 g/mol. The van der Waals surface area contributed by atoms with Crippen LogP contribution in [0.25, 0.3) is 0 Å². The summed E-state index contributed by atoms with van der Waals surface area (Å²) in [5.41, 5.74) is 7.56. The van der Waals surface area contributed by atoms with Gasteiger partial charge in [0.15, 0.2) is 0 Å². The molecule has 0 amide bonds. The Bertz CT molecular complexity index is 322. The van der Waals surface area contributed by atoms with Crippen molar-refractivity contribution in [3.63, 3.8) is 0 Å². The van der Waals surface area contributed by atoms with Crippen molar-refractivity contribution < 1.29 is 4.74 Å². The van der Waals surface area contributed by atoms with E-state index in [0.717, 1.165) is 17.8 Å². The topological polar surface area (TPSA) is 66.0 Å². The number of nitrogens with two attached hydrogens (primary N) is 1. The fourth-order valence-electron chi connectivity index (χ4n) is 1.57. The monoisotopic (exact) mass is 226 g/mol. The fourth-order valence-corrected chi connectivity index (χ4v) is 1.57. The Balaban J connectivity index is 2.99. The largest absolute Gasteiger partial charge is 0.378 e. The van der Waals surface area contributed by atoms with Gasteiger partial charge in [0.2, 0.25) is 0 Å². The Kier molecular flexibility index (Phi) is 4.89. The Hall–Kier alpha value is -0.940. The van der Waals surface area contributed by atoms with E-state index < -0.39 is 0 Å². The highest BCUT2D eigenvalue weighted by molar-refractivity contribution is 5.10. The van der Waals surface area contributed by atoms with Crippen LogP contribution in [0, 0.1) is 5.92 Å². The SMILES string of the molecule is COCc1c(CCN)nnn1C(C)C(C)C. The second kappa shape index (κ2) is 5.96. The van der Waals surface area contributed by atoms with Gasteiger partial charge >= 0.3 is 0 Å². The highest BCUT2D eigenvalue weighted by atomic mass is 16.5. The first-order valence-corrected chi connectivity index (χ1v) is 5.73. The maximum atomic E-state index is 5.55. The number of hydrogen-bond donors (Lipinski definition) is 1. The summed E-state index contributed by atoms with van der Waals surface area (Å²) in [5, 5.41) is 8.39. The number of rotatable bonds is 6. The zero-order valence-electron chi connectivity index (χ0n) is 10.6. The molecule has 0 spiro atoms. The molecule has 1 heterocycles. The third kappa shape index (κ3) is 2.80. The molecule has 5 nitrogen and oxygen atoms in total. The van der Waals surface area contributed by atoms with Crippen LogP contribution < -0.4 is 5.73 Å². The van der Waals surface area contributed by atoms with Crippen molar-refractivity contribution in [3.8, 4) is 0 Å². The quantitative estimate of drug-likeness (QED) is 0.790. The maximum Gasteiger partial charge on any atom is 0.0900 e. The zero-order valence-corrected chi connectivity index (χ0v) is 10.6. The van der Waals surface area contributed by atoms with E-state index in [2.05, 4.69) is 31.1 Å². The van der Waals surface area contributed by atoms with Crippen LogP contribution in [0.1, 0.15) is 38.2 Å². The first kappa shape index (κ1) is 13.1. The molecule has 0 fully saturated rings. The van der Waals surface area contributed by atoms with Gasteiger partial charge in [0, 0.05) is 13.5 Å². The molecule has 0 saturated carbocycles. The molecule has 0 aliphatic heterocycles. The van der Waals surface area contributed by atoms with Gasteiger partial charge in [-0.2, -0.15) is 0 Å². The average Bonchev–Trinajstić information content (AvgIpc) is 2.62. The Morgan fingerprint density at radius 3 is 2.56 bits per heavy atom. The number of ether oxygens (including phenoxy) is 1. The van der Waals surface area contributed by atoms with Crippen molar-refractivity contribution in [2.45, 2.75) is 39.8 Å². The molecule has 0 aliphatic carbocycles. The molecule has 0 saturated heterocycles. The summed E-state index contributed by atoms with van der Waals surface area (Å²) < 4.78 is 7.16. The van der Waals surface area contributed by atoms with Crippen molar-refractivity contribution in [1.29, 1.82) is 0 Å². The lowest BCUT2D eigenvalue weighted by molar-refractivity contribution is 0.171. The summed E-state index contributed by atoms with van der Waals surface area (Å²) >= 11 is 0. The molecule has 16 heavy (non-hydrogen) atoms. The predicted octanol–water partition coefficient (Wildman–Crippen LogP) is 1.14. The second-order valence-electron chi connectivity index (χ2n) is 4.38. The summed E-state index contributed by atoms with van der Waals surface area (Å²) in [7, 11) is 1.68. The van der Waals surface area contributed by atoms with E-state index in [4.69, 9.17) is 10.5 Å². The molecule has 1 aromatic rings. The van der Waals surface area contributed by atoms with Crippen molar-refractivity contribution >= 4 is 0 Å². The number of methoxy groups -OCH3 is 1. The van der Waals surface area contributed by atoms with Crippen molar-refractivity contribution in [3.05, 3.63) is 11.4 Å². The van der Waals surface area contributed by atoms with Crippen LogP contribution in [0.5, 0.6) is 0 Å². The van der Waals surface area contributed by atoms with Gasteiger partial charge in [0.25, 0.3) is 0 Å². The molecule has 5 heteroatoms. The lowest BCUT2D eigenvalue weighted by atomic mass is 10.1. The predicted molar refractivity (Wildman–Crippen MR) is 63.0 cm³/mol. The Morgan fingerprint density at radius 2 is 2.06 bits per heavy atom. The lowest BCUT2D eigenvalue weighted by Crippen LogP contribution is -2.17. The first-order valence-electron chi connectivity index (χ1n) is 5.73.